The van der Waals surface area contributed by atoms with Crippen molar-refractivity contribution in [2.75, 3.05) is 6.54 Å². The number of nitrogens with one attached hydrogen (secondary N) is 2. The van der Waals surface area contributed by atoms with E-state index in [0.29, 0.717) is 12.8 Å². The Morgan fingerprint density at radius 3 is 2.20 bits per heavy atom. The zero-order chi connectivity index (χ0) is 15.8. The molecule has 0 aromatic heterocycles. The first kappa shape index (κ1) is 18.9. The van der Waals surface area contributed by atoms with Crippen LogP contribution in [0.5, 0.6) is 0 Å². The van der Waals surface area contributed by atoms with Gasteiger partial charge in [-0.2, -0.15) is 0 Å². The lowest BCUT2D eigenvalue weighted by Gasteiger charge is -2.21. The van der Waals surface area contributed by atoms with Gasteiger partial charge in [0.05, 0.1) is 0 Å². The highest BCUT2D eigenvalue weighted by Crippen LogP contribution is 2.26. The Hall–Kier alpha value is -1.15. The molecule has 0 radical (unpaired) electrons. The molecule has 0 saturated carbocycles. The Kier molecular flexibility index (Phi) is 8.40. The number of urea groups is 1. The third-order valence-electron chi connectivity index (χ3n) is 3.12. The second-order valence-electron chi connectivity index (χ2n) is 4.48. The summed E-state index contributed by atoms with van der Waals surface area (Å²) in [6.07, 6.45) is 3.01. The molecule has 1 heterocycles. The summed E-state index contributed by atoms with van der Waals surface area (Å²) in [5.74, 6) is -1.09. The Labute approximate surface area is 126 Å². The van der Waals surface area contributed by atoms with Crippen molar-refractivity contribution in [3.05, 3.63) is 0 Å². The summed E-state index contributed by atoms with van der Waals surface area (Å²) in [5, 5.41) is 13.2. The fourth-order valence-electron chi connectivity index (χ4n) is 1.69. The molecule has 1 aliphatic heterocycles. The molecule has 1 atom stereocenters. The van der Waals surface area contributed by atoms with Gasteiger partial charge in [0.2, 0.25) is 5.91 Å². The second kappa shape index (κ2) is 8.91. The topological polar surface area (TPSA) is 122 Å². The number of nitrogens with two attached hydrogens (primary N) is 1. The van der Waals surface area contributed by atoms with Gasteiger partial charge in [0, 0.05) is 0 Å². The van der Waals surface area contributed by atoms with Gasteiger partial charge in [-0.3, -0.25) is 14.9 Å². The van der Waals surface area contributed by atoms with Crippen LogP contribution in [0.3, 0.4) is 0 Å². The molecule has 5 N–H and O–H groups in total. The molecule has 0 bridgehead atoms. The number of carboxylic acid groups (broad SMARTS) is 1. The van der Waals surface area contributed by atoms with E-state index in [1.807, 2.05) is 19.2 Å². The molecule has 1 aliphatic rings. The van der Waals surface area contributed by atoms with Crippen molar-refractivity contribution in [3.63, 3.8) is 0 Å². The van der Waals surface area contributed by atoms with Crippen LogP contribution in [0.4, 0.5) is 4.79 Å². The van der Waals surface area contributed by atoms with Gasteiger partial charge in [-0.1, -0.05) is 29.8 Å². The summed E-state index contributed by atoms with van der Waals surface area (Å²) < 4.78 is -0.665. The van der Waals surface area contributed by atoms with Crippen LogP contribution in [-0.2, 0) is 9.59 Å². The molecule has 20 heavy (non-hydrogen) atoms. The molecule has 0 aromatic carbocycles. The number of carboxylic acids is 1. The van der Waals surface area contributed by atoms with Crippen molar-refractivity contribution in [2.45, 2.75) is 49.9 Å². The third-order valence-corrected chi connectivity index (χ3v) is 4.60. The molecule has 3 amide bonds. The van der Waals surface area contributed by atoms with Gasteiger partial charge in [-0.25, -0.2) is 4.79 Å². The summed E-state index contributed by atoms with van der Waals surface area (Å²) in [4.78, 5) is 31.8. The van der Waals surface area contributed by atoms with Crippen molar-refractivity contribution < 1.29 is 19.5 Å². The first-order valence-electron chi connectivity index (χ1n) is 6.52. The summed E-state index contributed by atoms with van der Waals surface area (Å²) in [6, 6.07) is -1.08. The average molecular weight is 352 g/mol. The number of carbonyl (C=O) groups is 3. The number of carbonyl (C=O) groups excluding carboxylic acids is 2. The molecule has 1 saturated heterocycles. The fourth-order valence-corrected chi connectivity index (χ4v) is 1.79. The van der Waals surface area contributed by atoms with E-state index in [0.717, 1.165) is 19.4 Å². The maximum atomic E-state index is 11.3. The largest absolute Gasteiger partial charge is 0.480 e. The summed E-state index contributed by atoms with van der Waals surface area (Å²) >= 11 is 3.26. The fraction of sp³-hybridized carbons (Fsp3) is 0.750. The molecule has 1 rings (SSSR count). The first-order chi connectivity index (χ1) is 9.26. The lowest BCUT2D eigenvalue weighted by atomic mass is 10.0. The summed E-state index contributed by atoms with van der Waals surface area (Å²) in [6.45, 7) is 4.58. The van der Waals surface area contributed by atoms with Gasteiger partial charge in [0.15, 0.2) is 0 Å². The summed E-state index contributed by atoms with van der Waals surface area (Å²) in [5.41, 5.74) is 4.81. The van der Waals surface area contributed by atoms with Crippen LogP contribution < -0.4 is 16.4 Å². The van der Waals surface area contributed by atoms with Gasteiger partial charge in [-0.15, -0.1) is 0 Å². The van der Waals surface area contributed by atoms with E-state index in [-0.39, 0.29) is 11.9 Å². The minimum atomic E-state index is -0.814. The molecule has 116 valence electrons. The molecule has 0 aliphatic carbocycles. The lowest BCUT2D eigenvalue weighted by molar-refractivity contribution is -0.139. The van der Waals surface area contributed by atoms with Crippen molar-refractivity contribution in [1.82, 2.24) is 10.6 Å². The van der Waals surface area contributed by atoms with Crippen LogP contribution >= 0.6 is 15.9 Å². The Morgan fingerprint density at radius 1 is 1.40 bits per heavy atom. The predicted octanol–water partition coefficient (Wildman–Crippen LogP) is 0.958. The molecular weight excluding hydrogens is 330 g/mol. The zero-order valence-corrected chi connectivity index (χ0v) is 13.3. The number of aliphatic carboxylic acids is 1. The van der Waals surface area contributed by atoms with Crippen LogP contribution in [-0.4, -0.2) is 39.9 Å². The molecule has 0 spiro atoms. The number of amides is 3. The zero-order valence-electron chi connectivity index (χ0n) is 11.7. The summed E-state index contributed by atoms with van der Waals surface area (Å²) in [7, 11) is 0. The highest BCUT2D eigenvalue weighted by atomic mass is 79.9. The number of hydrogen-bond donors (Lipinski definition) is 4. The minimum absolute atomic E-state index is 0.269. The molecule has 0 aromatic rings. The van der Waals surface area contributed by atoms with Crippen molar-refractivity contribution in [2.24, 2.45) is 5.73 Å². The van der Waals surface area contributed by atoms with E-state index < -0.39 is 16.3 Å². The highest BCUT2D eigenvalue weighted by molar-refractivity contribution is 9.10. The Bertz CT molecular complexity index is 353. The number of halogens is 1. The maximum absolute atomic E-state index is 11.3. The molecule has 1 fully saturated rings. The van der Waals surface area contributed by atoms with Crippen molar-refractivity contribution in [3.8, 4) is 0 Å². The Morgan fingerprint density at radius 2 is 1.95 bits per heavy atom. The van der Waals surface area contributed by atoms with E-state index in [2.05, 4.69) is 21.2 Å². The van der Waals surface area contributed by atoms with Crippen LogP contribution in [0.25, 0.3) is 0 Å². The van der Waals surface area contributed by atoms with E-state index in [1.165, 1.54) is 0 Å². The monoisotopic (exact) mass is 351 g/mol. The third kappa shape index (κ3) is 6.33. The molecule has 7 nitrogen and oxygen atoms in total. The SMILES string of the molecule is CCC(Br)(CC)C(=O)NC(N)=O.O=C(O)C1CCCN1. The van der Waals surface area contributed by atoms with Crippen molar-refractivity contribution >= 4 is 33.8 Å². The number of alkyl halides is 1. The quantitative estimate of drug-likeness (QED) is 0.562. The van der Waals surface area contributed by atoms with Crippen molar-refractivity contribution in [1.29, 1.82) is 0 Å². The van der Waals surface area contributed by atoms with Gasteiger partial charge in [0.1, 0.15) is 10.4 Å². The average Bonchev–Trinajstić information content (AvgIpc) is 2.91. The van der Waals surface area contributed by atoms with Crippen LogP contribution in [0.15, 0.2) is 0 Å². The number of hydrogen-bond acceptors (Lipinski definition) is 4. The second-order valence-corrected chi connectivity index (χ2v) is 6.00. The predicted molar refractivity (Wildman–Crippen MR) is 78.6 cm³/mol. The van der Waals surface area contributed by atoms with E-state index in [4.69, 9.17) is 10.8 Å². The van der Waals surface area contributed by atoms with Gasteiger partial charge >= 0.3 is 12.0 Å². The molecule has 1 unspecified atom stereocenters. The molecule has 8 heteroatoms. The number of imide groups is 1. The van der Waals surface area contributed by atoms with Gasteiger partial charge < -0.3 is 16.2 Å². The Balaban J connectivity index is 0.000000388. The van der Waals surface area contributed by atoms with Crippen LogP contribution in [0.1, 0.15) is 39.5 Å². The highest BCUT2D eigenvalue weighted by Gasteiger charge is 2.32. The van der Waals surface area contributed by atoms with Crippen LogP contribution in [0, 0.1) is 0 Å². The normalized spacial score (nSPS) is 17.9. The lowest BCUT2D eigenvalue weighted by Crippen LogP contribution is -2.46. The number of rotatable bonds is 4. The first-order valence-corrected chi connectivity index (χ1v) is 7.32. The number of primary amides is 1. The maximum Gasteiger partial charge on any atom is 0.320 e. The van der Waals surface area contributed by atoms with E-state index in [1.54, 1.807) is 0 Å². The van der Waals surface area contributed by atoms with E-state index in [9.17, 15) is 14.4 Å². The van der Waals surface area contributed by atoms with Gasteiger partial charge in [-0.05, 0) is 32.2 Å². The minimum Gasteiger partial charge on any atom is -0.480 e. The van der Waals surface area contributed by atoms with E-state index >= 15 is 0 Å². The van der Waals surface area contributed by atoms with Gasteiger partial charge in [0.25, 0.3) is 0 Å². The standard InChI is InChI=1S/C7H13BrN2O2.C5H9NO2/c1-3-7(8,4-2)5(11)10-6(9)12;7-5(8)4-2-1-3-6-4/h3-4H2,1-2H3,(H3,9,10,11,12);4,6H,1-3H2,(H,7,8). The molecular formula is C12H22BrN3O4. The smallest absolute Gasteiger partial charge is 0.320 e. The van der Waals surface area contributed by atoms with Crippen LogP contribution in [0.2, 0.25) is 0 Å².